The summed E-state index contributed by atoms with van der Waals surface area (Å²) in [5.41, 5.74) is 2.97. The number of hydrogen-bond donors (Lipinski definition) is 0. The van der Waals surface area contributed by atoms with Crippen molar-refractivity contribution in [2.75, 3.05) is 19.8 Å². The molecule has 0 radical (unpaired) electrons. The summed E-state index contributed by atoms with van der Waals surface area (Å²) in [6.45, 7) is 6.38. The molecule has 1 fully saturated rings. The molecule has 3 aromatic carbocycles. The fourth-order valence-electron chi connectivity index (χ4n) is 3.70. The number of nitrogens with zero attached hydrogens (tertiary/aromatic N) is 1. The summed E-state index contributed by atoms with van der Waals surface area (Å²) in [6.07, 6.45) is 1.61. The molecule has 0 aliphatic carbocycles. The molecule has 1 aliphatic rings. The fourth-order valence-corrected chi connectivity index (χ4v) is 4.75. The van der Waals surface area contributed by atoms with Gasteiger partial charge in [0.05, 0.1) is 23.6 Å². The number of aryl methyl sites for hydroxylation is 2. The Kier molecular flexibility index (Phi) is 8.76. The number of hydrogen-bond acceptors (Lipinski definition) is 7. The van der Waals surface area contributed by atoms with Crippen molar-refractivity contribution in [2.45, 2.75) is 20.8 Å². The lowest BCUT2D eigenvalue weighted by Crippen LogP contribution is -2.32. The van der Waals surface area contributed by atoms with Crippen molar-refractivity contribution in [3.8, 4) is 17.2 Å². The first-order valence-electron chi connectivity index (χ1n) is 11.9. The van der Waals surface area contributed by atoms with E-state index in [0.717, 1.165) is 28.6 Å². The molecular formula is C29H26ClNO6S. The maximum Gasteiger partial charge on any atom is 0.343 e. The first-order valence-corrected chi connectivity index (χ1v) is 13.1. The van der Waals surface area contributed by atoms with Crippen LogP contribution in [0, 0.1) is 13.8 Å². The number of halogens is 1. The molecule has 0 aromatic heterocycles. The SMILES string of the molecule is CCOc1cc(/C=C2\SC(=O)N(CCOc3cc(C)ccc3C)C2=O)ccc1OC(=O)c1cccc(Cl)c1. The van der Waals surface area contributed by atoms with Gasteiger partial charge in [0.25, 0.3) is 11.1 Å². The summed E-state index contributed by atoms with van der Waals surface area (Å²) in [5, 5.41) is 0.0635. The van der Waals surface area contributed by atoms with Crippen molar-refractivity contribution < 1.29 is 28.6 Å². The van der Waals surface area contributed by atoms with Gasteiger partial charge in [0, 0.05) is 5.02 Å². The van der Waals surface area contributed by atoms with Gasteiger partial charge in [0.15, 0.2) is 11.5 Å². The van der Waals surface area contributed by atoms with E-state index in [1.165, 1.54) is 11.0 Å². The Morgan fingerprint density at radius 2 is 1.79 bits per heavy atom. The summed E-state index contributed by atoms with van der Waals surface area (Å²) in [4.78, 5) is 39.5. The molecule has 0 saturated carbocycles. The van der Waals surface area contributed by atoms with E-state index in [1.54, 1.807) is 49.4 Å². The van der Waals surface area contributed by atoms with Crippen LogP contribution in [-0.4, -0.2) is 41.8 Å². The van der Waals surface area contributed by atoms with Gasteiger partial charge in [-0.2, -0.15) is 0 Å². The van der Waals surface area contributed by atoms with Crippen molar-refractivity contribution in [2.24, 2.45) is 0 Å². The van der Waals surface area contributed by atoms with Gasteiger partial charge in [-0.25, -0.2) is 4.79 Å². The second-order valence-electron chi connectivity index (χ2n) is 8.49. The summed E-state index contributed by atoms with van der Waals surface area (Å²) in [5.74, 6) is 0.319. The molecule has 0 atom stereocenters. The monoisotopic (exact) mass is 551 g/mol. The lowest BCUT2D eigenvalue weighted by atomic mass is 10.1. The van der Waals surface area contributed by atoms with Gasteiger partial charge in [0.1, 0.15) is 12.4 Å². The molecule has 0 N–H and O–H groups in total. The van der Waals surface area contributed by atoms with E-state index in [1.807, 2.05) is 32.0 Å². The molecular weight excluding hydrogens is 526 g/mol. The van der Waals surface area contributed by atoms with Gasteiger partial charge >= 0.3 is 5.97 Å². The van der Waals surface area contributed by atoms with Crippen molar-refractivity contribution in [3.05, 3.63) is 92.8 Å². The van der Waals surface area contributed by atoms with Crippen molar-refractivity contribution in [1.29, 1.82) is 0 Å². The Hall–Kier alpha value is -3.75. The van der Waals surface area contributed by atoms with Crippen LogP contribution in [0.2, 0.25) is 5.02 Å². The van der Waals surface area contributed by atoms with Crippen LogP contribution < -0.4 is 14.2 Å². The standard InChI is InChI=1S/C29H26ClNO6S/c1-4-35-25-15-20(10-11-23(25)37-28(33)21-6-5-7-22(30)17-21)16-26-27(32)31(29(34)38-26)12-13-36-24-14-18(2)8-9-19(24)3/h5-11,14-17H,4,12-13H2,1-3H3/b26-16-. The third-order valence-electron chi connectivity index (χ3n) is 5.62. The Balaban J connectivity index is 1.45. The molecule has 0 spiro atoms. The summed E-state index contributed by atoms with van der Waals surface area (Å²) in [7, 11) is 0. The highest BCUT2D eigenvalue weighted by molar-refractivity contribution is 8.18. The van der Waals surface area contributed by atoms with E-state index < -0.39 is 5.97 Å². The normalized spacial score (nSPS) is 14.2. The molecule has 1 heterocycles. The molecule has 7 nitrogen and oxygen atoms in total. The molecule has 1 saturated heterocycles. The van der Waals surface area contributed by atoms with E-state index in [4.69, 9.17) is 25.8 Å². The number of ether oxygens (including phenoxy) is 3. The highest BCUT2D eigenvalue weighted by Gasteiger charge is 2.35. The molecule has 9 heteroatoms. The fraction of sp³-hybridized carbons (Fsp3) is 0.207. The van der Waals surface area contributed by atoms with E-state index >= 15 is 0 Å². The number of esters is 1. The Morgan fingerprint density at radius 1 is 0.974 bits per heavy atom. The van der Waals surface area contributed by atoms with Gasteiger partial charge in [-0.1, -0.05) is 35.9 Å². The number of benzene rings is 3. The highest BCUT2D eigenvalue weighted by atomic mass is 35.5. The maximum absolute atomic E-state index is 12.9. The smallest absolute Gasteiger partial charge is 0.343 e. The quantitative estimate of drug-likeness (QED) is 0.166. The first-order chi connectivity index (χ1) is 18.2. The topological polar surface area (TPSA) is 82.1 Å². The summed E-state index contributed by atoms with van der Waals surface area (Å²) in [6, 6.07) is 17.3. The lowest BCUT2D eigenvalue weighted by molar-refractivity contribution is -0.123. The summed E-state index contributed by atoms with van der Waals surface area (Å²) < 4.78 is 17.0. The Labute approximate surface area is 230 Å². The summed E-state index contributed by atoms with van der Waals surface area (Å²) >= 11 is 6.84. The zero-order chi connectivity index (χ0) is 27.2. The number of carbonyl (C=O) groups excluding carboxylic acids is 3. The molecule has 0 unspecified atom stereocenters. The number of thioether (sulfide) groups is 1. The van der Waals surface area contributed by atoms with E-state index in [-0.39, 0.29) is 35.0 Å². The predicted molar refractivity (Wildman–Crippen MR) is 148 cm³/mol. The number of rotatable bonds is 9. The molecule has 0 bridgehead atoms. The minimum atomic E-state index is -0.578. The van der Waals surface area contributed by atoms with Crippen LogP contribution in [0.4, 0.5) is 4.79 Å². The van der Waals surface area contributed by atoms with Gasteiger partial charge < -0.3 is 14.2 Å². The molecule has 1 aliphatic heterocycles. The minimum absolute atomic E-state index is 0.137. The van der Waals surface area contributed by atoms with Crippen LogP contribution in [0.1, 0.15) is 34.0 Å². The number of imide groups is 1. The van der Waals surface area contributed by atoms with Crippen LogP contribution >= 0.6 is 23.4 Å². The molecule has 4 rings (SSSR count). The highest BCUT2D eigenvalue weighted by Crippen LogP contribution is 2.35. The third-order valence-corrected chi connectivity index (χ3v) is 6.76. The van der Waals surface area contributed by atoms with Crippen molar-refractivity contribution in [1.82, 2.24) is 4.90 Å². The van der Waals surface area contributed by atoms with Gasteiger partial charge in [-0.05, 0) is 91.7 Å². The predicted octanol–water partition coefficient (Wildman–Crippen LogP) is 6.69. The van der Waals surface area contributed by atoms with Crippen LogP contribution in [0.25, 0.3) is 6.08 Å². The molecule has 38 heavy (non-hydrogen) atoms. The average molecular weight is 552 g/mol. The van der Waals surface area contributed by atoms with E-state index in [0.29, 0.717) is 28.5 Å². The van der Waals surface area contributed by atoms with Crippen LogP contribution in [-0.2, 0) is 4.79 Å². The molecule has 2 amide bonds. The largest absolute Gasteiger partial charge is 0.491 e. The number of carbonyl (C=O) groups is 3. The lowest BCUT2D eigenvalue weighted by Gasteiger charge is -2.14. The van der Waals surface area contributed by atoms with Gasteiger partial charge in [-0.3, -0.25) is 14.5 Å². The Morgan fingerprint density at radius 3 is 2.55 bits per heavy atom. The van der Waals surface area contributed by atoms with Crippen molar-refractivity contribution >= 4 is 46.6 Å². The Bertz CT molecular complexity index is 1420. The van der Waals surface area contributed by atoms with Crippen molar-refractivity contribution in [3.63, 3.8) is 0 Å². The first kappa shape index (κ1) is 27.3. The number of amides is 2. The third kappa shape index (κ3) is 6.57. The second-order valence-corrected chi connectivity index (χ2v) is 9.92. The van der Waals surface area contributed by atoms with E-state index in [9.17, 15) is 14.4 Å². The van der Waals surface area contributed by atoms with Gasteiger partial charge in [0.2, 0.25) is 0 Å². The van der Waals surface area contributed by atoms with Crippen LogP contribution in [0.15, 0.2) is 65.6 Å². The van der Waals surface area contributed by atoms with Gasteiger partial charge in [-0.15, -0.1) is 0 Å². The molecule has 3 aromatic rings. The van der Waals surface area contributed by atoms with E-state index in [2.05, 4.69) is 0 Å². The zero-order valence-electron chi connectivity index (χ0n) is 21.2. The zero-order valence-corrected chi connectivity index (χ0v) is 22.7. The van der Waals surface area contributed by atoms with Crippen LogP contribution in [0.3, 0.4) is 0 Å². The molecule has 196 valence electrons. The second kappa shape index (κ2) is 12.2. The average Bonchev–Trinajstić information content (AvgIpc) is 3.15. The minimum Gasteiger partial charge on any atom is -0.491 e. The maximum atomic E-state index is 12.9. The van der Waals surface area contributed by atoms with Crippen LogP contribution in [0.5, 0.6) is 17.2 Å².